The van der Waals surface area contributed by atoms with Gasteiger partial charge in [-0.3, -0.25) is 9.59 Å². The molecule has 0 aromatic heterocycles. The molecule has 0 fully saturated rings. The number of carbonyl (C=O) groups is 2. The van der Waals surface area contributed by atoms with Crippen LogP contribution in [0.25, 0.3) is 0 Å². The zero-order valence-corrected chi connectivity index (χ0v) is 13.6. The molecule has 3 nitrogen and oxygen atoms in total. The van der Waals surface area contributed by atoms with Crippen LogP contribution in [0.15, 0.2) is 24.3 Å². The van der Waals surface area contributed by atoms with Crippen LogP contribution in [-0.2, 0) is 14.3 Å². The number of hydrogen-bond donors (Lipinski definition) is 0. The lowest BCUT2D eigenvalue weighted by molar-refractivity contribution is -0.143. The molecule has 3 heteroatoms. The highest BCUT2D eigenvalue weighted by molar-refractivity contribution is 5.89. The molecule has 0 aliphatic carbocycles. The fourth-order valence-corrected chi connectivity index (χ4v) is 1.96. The minimum atomic E-state index is -0.0789. The lowest BCUT2D eigenvalue weighted by Crippen LogP contribution is -2.03. The van der Waals surface area contributed by atoms with Crippen LogP contribution in [0.5, 0.6) is 0 Å². The molecule has 0 N–H and O–H groups in total. The molecule has 0 aliphatic rings. The molecule has 0 atom stereocenters. The van der Waals surface area contributed by atoms with Crippen LogP contribution in [0.1, 0.15) is 71.6 Å². The molecule has 0 rings (SSSR count). The molecular weight excluding hydrogens is 264 g/mol. The third-order valence-electron chi connectivity index (χ3n) is 3.08. The third-order valence-corrected chi connectivity index (χ3v) is 3.08. The monoisotopic (exact) mass is 294 g/mol. The van der Waals surface area contributed by atoms with E-state index in [0.29, 0.717) is 19.4 Å². The second kappa shape index (κ2) is 15.0. The third kappa shape index (κ3) is 14.8. The van der Waals surface area contributed by atoms with Crippen molar-refractivity contribution in [2.24, 2.45) is 0 Å². The zero-order chi connectivity index (χ0) is 15.8. The Balaban J connectivity index is 3.36. The van der Waals surface area contributed by atoms with Crippen LogP contribution in [0.2, 0.25) is 0 Å². The second-order valence-corrected chi connectivity index (χ2v) is 5.12. The van der Waals surface area contributed by atoms with Gasteiger partial charge in [0.2, 0.25) is 0 Å². The molecule has 0 aromatic rings. The first-order valence-electron chi connectivity index (χ1n) is 8.22. The summed E-state index contributed by atoms with van der Waals surface area (Å²) in [7, 11) is 0. The first kappa shape index (κ1) is 19.6. The molecule has 0 heterocycles. The van der Waals surface area contributed by atoms with Gasteiger partial charge in [-0.1, -0.05) is 44.4 Å². The van der Waals surface area contributed by atoms with Gasteiger partial charge < -0.3 is 4.74 Å². The minimum absolute atomic E-state index is 0.0789. The fraction of sp³-hybridized carbons (Fsp3) is 0.667. The van der Waals surface area contributed by atoms with Crippen LogP contribution < -0.4 is 0 Å². The van der Waals surface area contributed by atoms with Gasteiger partial charge in [-0.25, -0.2) is 0 Å². The molecule has 21 heavy (non-hydrogen) atoms. The number of ether oxygens (including phenoxy) is 1. The average Bonchev–Trinajstić information content (AvgIpc) is 2.45. The number of carbonyl (C=O) groups excluding carboxylic acids is 2. The number of rotatable bonds is 13. The summed E-state index contributed by atoms with van der Waals surface area (Å²) in [5.74, 6) is 0.119. The van der Waals surface area contributed by atoms with Crippen LogP contribution in [0.4, 0.5) is 0 Å². The molecule has 120 valence electrons. The van der Waals surface area contributed by atoms with Crippen molar-refractivity contribution in [2.75, 3.05) is 6.61 Å². The Morgan fingerprint density at radius 3 is 2.33 bits per heavy atom. The first-order valence-corrected chi connectivity index (χ1v) is 8.22. The molecule has 0 saturated heterocycles. The largest absolute Gasteiger partial charge is 0.466 e. The summed E-state index contributed by atoms with van der Waals surface area (Å²) in [4.78, 5) is 22.3. The Morgan fingerprint density at radius 2 is 1.62 bits per heavy atom. The normalized spacial score (nSPS) is 11.3. The summed E-state index contributed by atoms with van der Waals surface area (Å²) in [6, 6.07) is 0. The molecule has 0 spiro atoms. The van der Waals surface area contributed by atoms with Crippen molar-refractivity contribution in [1.29, 1.82) is 0 Å². The molecule has 0 saturated carbocycles. The van der Waals surface area contributed by atoms with Gasteiger partial charge >= 0.3 is 5.97 Å². The molecular formula is C18H30O3. The second-order valence-electron chi connectivity index (χ2n) is 5.12. The van der Waals surface area contributed by atoms with E-state index in [4.69, 9.17) is 4.74 Å². The number of allylic oxidation sites excluding steroid dienone is 4. The average molecular weight is 294 g/mol. The van der Waals surface area contributed by atoms with E-state index in [9.17, 15) is 9.59 Å². The highest BCUT2D eigenvalue weighted by atomic mass is 16.5. The predicted molar refractivity (Wildman–Crippen MR) is 87.1 cm³/mol. The molecule has 0 aliphatic heterocycles. The smallest absolute Gasteiger partial charge is 0.305 e. The Labute approximate surface area is 129 Å². The van der Waals surface area contributed by atoms with Crippen molar-refractivity contribution in [2.45, 2.75) is 71.6 Å². The van der Waals surface area contributed by atoms with Crippen molar-refractivity contribution in [1.82, 2.24) is 0 Å². The SMILES string of the molecule is CCCC(=O)C=CC=CCCCCCCCC(=O)OCC. The molecule has 0 aromatic carbocycles. The predicted octanol–water partition coefficient (Wildman–Crippen LogP) is 4.76. The van der Waals surface area contributed by atoms with Crippen LogP contribution in [0.3, 0.4) is 0 Å². The zero-order valence-electron chi connectivity index (χ0n) is 13.6. The fourth-order valence-electron chi connectivity index (χ4n) is 1.96. The summed E-state index contributed by atoms with van der Waals surface area (Å²) < 4.78 is 4.88. The number of unbranched alkanes of at least 4 members (excludes halogenated alkanes) is 5. The lowest BCUT2D eigenvalue weighted by Gasteiger charge is -2.01. The van der Waals surface area contributed by atoms with Crippen molar-refractivity contribution >= 4 is 11.8 Å². The minimum Gasteiger partial charge on any atom is -0.466 e. The summed E-state index contributed by atoms with van der Waals surface area (Å²) in [6.07, 6.45) is 16.2. The molecule has 0 bridgehead atoms. The summed E-state index contributed by atoms with van der Waals surface area (Å²) in [5.41, 5.74) is 0. The van der Waals surface area contributed by atoms with Gasteiger partial charge in [-0.2, -0.15) is 0 Å². The van der Waals surface area contributed by atoms with Gasteiger partial charge in [-0.15, -0.1) is 0 Å². The van der Waals surface area contributed by atoms with E-state index in [1.165, 1.54) is 6.42 Å². The Morgan fingerprint density at radius 1 is 0.905 bits per heavy atom. The lowest BCUT2D eigenvalue weighted by atomic mass is 10.1. The Bertz CT molecular complexity index is 329. The van der Waals surface area contributed by atoms with E-state index in [-0.39, 0.29) is 11.8 Å². The topological polar surface area (TPSA) is 43.4 Å². The molecule has 0 amide bonds. The Hall–Kier alpha value is -1.38. The highest BCUT2D eigenvalue weighted by Crippen LogP contribution is 2.08. The van der Waals surface area contributed by atoms with Crippen LogP contribution >= 0.6 is 0 Å². The first-order chi connectivity index (χ1) is 10.2. The van der Waals surface area contributed by atoms with Crippen molar-refractivity contribution in [3.63, 3.8) is 0 Å². The summed E-state index contributed by atoms with van der Waals surface area (Å²) in [5, 5.41) is 0. The maximum absolute atomic E-state index is 11.2. The number of ketones is 1. The van der Waals surface area contributed by atoms with Crippen LogP contribution in [-0.4, -0.2) is 18.4 Å². The highest BCUT2D eigenvalue weighted by Gasteiger charge is 2.00. The van der Waals surface area contributed by atoms with E-state index in [1.54, 1.807) is 6.08 Å². The Kier molecular flexibility index (Phi) is 14.0. The maximum Gasteiger partial charge on any atom is 0.305 e. The molecule has 0 radical (unpaired) electrons. The van der Waals surface area contributed by atoms with E-state index in [2.05, 4.69) is 6.08 Å². The number of hydrogen-bond acceptors (Lipinski definition) is 3. The summed E-state index contributed by atoms with van der Waals surface area (Å²) in [6.45, 7) is 4.32. The van der Waals surface area contributed by atoms with Crippen molar-refractivity contribution < 1.29 is 14.3 Å². The van der Waals surface area contributed by atoms with E-state index >= 15 is 0 Å². The van der Waals surface area contributed by atoms with E-state index in [1.807, 2.05) is 26.0 Å². The van der Waals surface area contributed by atoms with E-state index in [0.717, 1.165) is 38.5 Å². The van der Waals surface area contributed by atoms with Crippen LogP contribution in [0, 0.1) is 0 Å². The van der Waals surface area contributed by atoms with Gasteiger partial charge in [0.05, 0.1) is 6.61 Å². The maximum atomic E-state index is 11.2. The van der Waals surface area contributed by atoms with Gasteiger partial charge in [-0.05, 0) is 38.7 Å². The van der Waals surface area contributed by atoms with Gasteiger partial charge in [0.15, 0.2) is 5.78 Å². The van der Waals surface area contributed by atoms with Crippen molar-refractivity contribution in [3.8, 4) is 0 Å². The van der Waals surface area contributed by atoms with Crippen molar-refractivity contribution in [3.05, 3.63) is 24.3 Å². The van der Waals surface area contributed by atoms with Gasteiger partial charge in [0, 0.05) is 12.8 Å². The summed E-state index contributed by atoms with van der Waals surface area (Å²) >= 11 is 0. The van der Waals surface area contributed by atoms with Gasteiger partial charge in [0.25, 0.3) is 0 Å². The number of esters is 1. The van der Waals surface area contributed by atoms with E-state index < -0.39 is 0 Å². The quantitative estimate of drug-likeness (QED) is 0.213. The molecule has 0 unspecified atom stereocenters. The standard InChI is InChI=1S/C18H30O3/c1-3-14-17(19)15-12-10-8-6-5-7-9-11-13-16-18(20)21-4-2/h8,10,12,15H,3-7,9,11,13-14,16H2,1-2H3. The van der Waals surface area contributed by atoms with Gasteiger partial charge in [0.1, 0.15) is 0 Å².